The number of carbonyl (C=O) groups is 1. The molecule has 0 saturated heterocycles. The van der Waals surface area contributed by atoms with Crippen LogP contribution in [-0.2, 0) is 0 Å². The first kappa shape index (κ1) is 23.6. The maximum atomic E-state index is 14.3. The van der Waals surface area contributed by atoms with Crippen LogP contribution >= 0.6 is 11.6 Å². The average molecular weight is 459 g/mol. The van der Waals surface area contributed by atoms with Crippen molar-refractivity contribution in [1.82, 2.24) is 15.3 Å². The van der Waals surface area contributed by atoms with Gasteiger partial charge in [-0.25, -0.2) is 14.4 Å². The molecule has 1 aromatic heterocycles. The predicted molar refractivity (Wildman–Crippen MR) is 121 cm³/mol. The predicted octanol–water partition coefficient (Wildman–Crippen LogP) is 3.58. The molecule has 168 valence electrons. The third kappa shape index (κ3) is 5.79. The SMILES string of the molecule is CC[C@@H](CO)Nc1ncc(F)c(-c2ccc(C(=O)N[C@H](CO)c3cccc(Cl)c3)cc2)n1. The van der Waals surface area contributed by atoms with E-state index in [2.05, 4.69) is 20.6 Å². The monoisotopic (exact) mass is 458 g/mol. The van der Waals surface area contributed by atoms with Crippen molar-refractivity contribution in [3.05, 3.63) is 76.7 Å². The highest BCUT2D eigenvalue weighted by molar-refractivity contribution is 6.30. The molecule has 2 aromatic carbocycles. The van der Waals surface area contributed by atoms with Crippen molar-refractivity contribution >= 4 is 23.5 Å². The molecule has 0 unspecified atom stereocenters. The van der Waals surface area contributed by atoms with Crippen LogP contribution in [0.1, 0.15) is 35.3 Å². The number of carbonyl (C=O) groups excluding carboxylic acids is 1. The summed E-state index contributed by atoms with van der Waals surface area (Å²) in [5.74, 6) is -0.794. The third-order valence-corrected chi connectivity index (χ3v) is 5.19. The number of amides is 1. The number of nitrogens with zero attached hydrogens (tertiary/aromatic N) is 2. The Balaban J connectivity index is 1.76. The molecule has 32 heavy (non-hydrogen) atoms. The molecule has 2 atom stereocenters. The second-order valence-electron chi connectivity index (χ2n) is 7.16. The van der Waals surface area contributed by atoms with Crippen LogP contribution in [0.15, 0.2) is 54.7 Å². The van der Waals surface area contributed by atoms with Gasteiger partial charge in [0.15, 0.2) is 5.82 Å². The molecule has 0 spiro atoms. The highest BCUT2D eigenvalue weighted by atomic mass is 35.5. The Morgan fingerprint density at radius 2 is 1.91 bits per heavy atom. The summed E-state index contributed by atoms with van der Waals surface area (Å²) in [5, 5.41) is 25.2. The van der Waals surface area contributed by atoms with Crippen LogP contribution in [0.4, 0.5) is 10.3 Å². The van der Waals surface area contributed by atoms with Gasteiger partial charge in [0.2, 0.25) is 5.95 Å². The molecule has 0 aliphatic heterocycles. The third-order valence-electron chi connectivity index (χ3n) is 4.95. The van der Waals surface area contributed by atoms with Gasteiger partial charge in [-0.05, 0) is 36.2 Å². The average Bonchev–Trinajstić information content (AvgIpc) is 2.82. The summed E-state index contributed by atoms with van der Waals surface area (Å²) in [7, 11) is 0. The van der Waals surface area contributed by atoms with Crippen LogP contribution < -0.4 is 10.6 Å². The molecular weight excluding hydrogens is 435 g/mol. The van der Waals surface area contributed by atoms with E-state index < -0.39 is 17.8 Å². The number of aliphatic hydroxyl groups excluding tert-OH is 2. The lowest BCUT2D eigenvalue weighted by molar-refractivity contribution is 0.0916. The van der Waals surface area contributed by atoms with Crippen LogP contribution in [0.3, 0.4) is 0 Å². The van der Waals surface area contributed by atoms with Gasteiger partial charge in [0.25, 0.3) is 5.91 Å². The summed E-state index contributed by atoms with van der Waals surface area (Å²) in [4.78, 5) is 20.8. The van der Waals surface area contributed by atoms with E-state index in [9.17, 15) is 19.4 Å². The Hall–Kier alpha value is -3.07. The van der Waals surface area contributed by atoms with Crippen LogP contribution in [0.5, 0.6) is 0 Å². The smallest absolute Gasteiger partial charge is 0.251 e. The highest BCUT2D eigenvalue weighted by Gasteiger charge is 2.17. The van der Waals surface area contributed by atoms with Crippen molar-refractivity contribution in [3.8, 4) is 11.3 Å². The summed E-state index contributed by atoms with van der Waals surface area (Å²) in [6.45, 7) is 1.51. The number of halogens is 2. The number of nitrogens with one attached hydrogen (secondary N) is 2. The van der Waals surface area contributed by atoms with Crippen LogP contribution in [0, 0.1) is 5.82 Å². The summed E-state index contributed by atoms with van der Waals surface area (Å²) in [5.41, 5.74) is 1.57. The Morgan fingerprint density at radius 3 is 2.53 bits per heavy atom. The molecule has 1 amide bonds. The van der Waals surface area contributed by atoms with Gasteiger partial charge in [0.05, 0.1) is 31.5 Å². The number of aromatic nitrogens is 2. The van der Waals surface area contributed by atoms with Gasteiger partial charge in [-0.1, -0.05) is 42.8 Å². The standard InChI is InChI=1S/C23H24ClFN4O3/c1-2-18(12-30)27-23-26-11-19(25)21(29-23)14-6-8-15(9-7-14)22(32)28-20(13-31)16-4-3-5-17(24)10-16/h3-11,18,20,30-31H,2,12-13H2,1H3,(H,28,32)(H,26,27,29)/t18-,20+/m0/s1. The Kier molecular flexibility index (Phi) is 8.10. The first-order valence-corrected chi connectivity index (χ1v) is 10.5. The van der Waals surface area contributed by atoms with E-state index in [1.165, 1.54) is 0 Å². The zero-order valence-electron chi connectivity index (χ0n) is 17.4. The summed E-state index contributed by atoms with van der Waals surface area (Å²) < 4.78 is 14.3. The number of anilines is 1. The van der Waals surface area contributed by atoms with Crippen LogP contribution in [-0.4, -0.2) is 45.3 Å². The maximum absolute atomic E-state index is 14.3. The molecule has 0 aliphatic carbocycles. The van der Waals surface area contributed by atoms with Gasteiger partial charge in [-0.3, -0.25) is 4.79 Å². The zero-order valence-corrected chi connectivity index (χ0v) is 18.2. The molecule has 4 N–H and O–H groups in total. The second kappa shape index (κ2) is 11.0. The minimum atomic E-state index is -0.619. The van der Waals surface area contributed by atoms with E-state index >= 15 is 0 Å². The van der Waals surface area contributed by atoms with Crippen molar-refractivity contribution in [1.29, 1.82) is 0 Å². The fourth-order valence-corrected chi connectivity index (χ4v) is 3.28. The lowest BCUT2D eigenvalue weighted by Gasteiger charge is -2.17. The first-order valence-electron chi connectivity index (χ1n) is 10.1. The van der Waals surface area contributed by atoms with Crippen molar-refractivity contribution in [3.63, 3.8) is 0 Å². The molecule has 0 aliphatic rings. The van der Waals surface area contributed by atoms with Crippen molar-refractivity contribution < 1.29 is 19.4 Å². The van der Waals surface area contributed by atoms with Gasteiger partial charge in [-0.15, -0.1) is 0 Å². The maximum Gasteiger partial charge on any atom is 0.251 e. The molecule has 1 heterocycles. The first-order chi connectivity index (χ1) is 15.4. The number of benzene rings is 2. The van der Waals surface area contributed by atoms with Gasteiger partial charge in [0.1, 0.15) is 5.69 Å². The second-order valence-corrected chi connectivity index (χ2v) is 7.60. The van der Waals surface area contributed by atoms with Crippen LogP contribution in [0.2, 0.25) is 5.02 Å². The fourth-order valence-electron chi connectivity index (χ4n) is 3.08. The van der Waals surface area contributed by atoms with E-state index in [-0.39, 0.29) is 30.9 Å². The van der Waals surface area contributed by atoms with E-state index in [4.69, 9.17) is 11.6 Å². The molecule has 3 aromatic rings. The number of rotatable bonds is 9. The zero-order chi connectivity index (χ0) is 23.1. The molecule has 0 bridgehead atoms. The van der Waals surface area contributed by atoms with E-state index in [0.717, 1.165) is 6.20 Å². The largest absolute Gasteiger partial charge is 0.394 e. The van der Waals surface area contributed by atoms with Crippen molar-refractivity contribution in [2.45, 2.75) is 25.4 Å². The number of hydrogen-bond donors (Lipinski definition) is 4. The summed E-state index contributed by atoms with van der Waals surface area (Å²) in [6, 6.07) is 12.3. The highest BCUT2D eigenvalue weighted by Crippen LogP contribution is 2.23. The molecule has 7 nitrogen and oxygen atoms in total. The van der Waals surface area contributed by atoms with Gasteiger partial charge >= 0.3 is 0 Å². The Morgan fingerprint density at radius 1 is 1.16 bits per heavy atom. The summed E-state index contributed by atoms with van der Waals surface area (Å²) >= 11 is 5.99. The lowest BCUT2D eigenvalue weighted by Crippen LogP contribution is -2.30. The molecule has 0 fully saturated rings. The minimum absolute atomic E-state index is 0.0782. The van der Waals surface area contributed by atoms with Crippen molar-refractivity contribution in [2.24, 2.45) is 0 Å². The molecule has 0 saturated carbocycles. The van der Waals surface area contributed by atoms with Gasteiger partial charge in [-0.2, -0.15) is 0 Å². The molecule has 3 rings (SSSR count). The van der Waals surface area contributed by atoms with E-state index in [1.807, 2.05) is 6.92 Å². The molecular formula is C23H24ClFN4O3. The Bertz CT molecular complexity index is 1060. The number of aliphatic hydroxyl groups is 2. The summed E-state index contributed by atoms with van der Waals surface area (Å²) in [6.07, 6.45) is 1.71. The molecule has 0 radical (unpaired) electrons. The van der Waals surface area contributed by atoms with Gasteiger partial charge < -0.3 is 20.8 Å². The van der Waals surface area contributed by atoms with Crippen molar-refractivity contribution in [2.75, 3.05) is 18.5 Å². The minimum Gasteiger partial charge on any atom is -0.394 e. The van der Waals surface area contributed by atoms with E-state index in [0.29, 0.717) is 28.1 Å². The van der Waals surface area contributed by atoms with Crippen LogP contribution in [0.25, 0.3) is 11.3 Å². The topological polar surface area (TPSA) is 107 Å². The quantitative estimate of drug-likeness (QED) is 0.390. The molecule has 9 heteroatoms. The van der Waals surface area contributed by atoms with E-state index in [1.54, 1.807) is 48.5 Å². The number of hydrogen-bond acceptors (Lipinski definition) is 6. The Labute approximate surface area is 190 Å². The lowest BCUT2D eigenvalue weighted by atomic mass is 10.1. The van der Waals surface area contributed by atoms with Gasteiger partial charge in [0, 0.05) is 16.1 Å². The fraction of sp³-hybridized carbons (Fsp3) is 0.261. The normalized spacial score (nSPS) is 12.8.